The number of anilines is 1. The van der Waals surface area contributed by atoms with Crippen molar-refractivity contribution in [3.63, 3.8) is 0 Å². The number of carboxylic acid groups (broad SMARTS) is 1. The summed E-state index contributed by atoms with van der Waals surface area (Å²) in [5, 5.41) is 19.8. The molecule has 2 rings (SSSR count). The van der Waals surface area contributed by atoms with E-state index >= 15 is 0 Å². The minimum absolute atomic E-state index is 0.164. The molecule has 0 aromatic carbocycles. The fourth-order valence-corrected chi connectivity index (χ4v) is 2.05. The van der Waals surface area contributed by atoms with Gasteiger partial charge >= 0.3 is 11.7 Å². The maximum absolute atomic E-state index is 11.0. The van der Waals surface area contributed by atoms with Gasteiger partial charge < -0.3 is 10.0 Å². The van der Waals surface area contributed by atoms with Gasteiger partial charge in [-0.1, -0.05) is 0 Å². The average Bonchev–Trinajstić information content (AvgIpc) is 2.39. The lowest BCUT2D eigenvalue weighted by molar-refractivity contribution is -0.384. The summed E-state index contributed by atoms with van der Waals surface area (Å²) in [4.78, 5) is 27.0. The number of piperidine rings is 1. The lowest BCUT2D eigenvalue weighted by Gasteiger charge is -2.27. The number of carbonyl (C=O) groups is 1. The fraction of sp³-hybridized carbons (Fsp3) is 0.455. The Balaban J connectivity index is 2.39. The first-order valence-corrected chi connectivity index (χ1v) is 5.72. The summed E-state index contributed by atoms with van der Waals surface area (Å²) in [6.45, 7) is 1.44. The van der Waals surface area contributed by atoms with E-state index in [0.717, 1.165) is 38.4 Å². The molecular weight excluding hydrogens is 238 g/mol. The van der Waals surface area contributed by atoms with Crippen molar-refractivity contribution in [2.24, 2.45) is 0 Å². The van der Waals surface area contributed by atoms with E-state index in [1.54, 1.807) is 0 Å². The van der Waals surface area contributed by atoms with Crippen LogP contribution in [0.4, 0.5) is 11.5 Å². The molecule has 7 nitrogen and oxygen atoms in total. The number of aromatic nitrogens is 1. The molecule has 1 saturated heterocycles. The van der Waals surface area contributed by atoms with Crippen LogP contribution >= 0.6 is 0 Å². The predicted molar refractivity (Wildman–Crippen MR) is 63.9 cm³/mol. The minimum Gasteiger partial charge on any atom is -0.478 e. The Morgan fingerprint density at radius 3 is 2.61 bits per heavy atom. The van der Waals surface area contributed by atoms with Crippen LogP contribution in [0.3, 0.4) is 0 Å². The smallest absolute Gasteiger partial charge is 0.337 e. The molecule has 0 aliphatic carbocycles. The van der Waals surface area contributed by atoms with E-state index in [1.165, 1.54) is 6.20 Å². The number of carboxylic acids is 1. The Morgan fingerprint density at radius 1 is 1.39 bits per heavy atom. The van der Waals surface area contributed by atoms with Gasteiger partial charge in [0.2, 0.25) is 5.82 Å². The third kappa shape index (κ3) is 2.39. The van der Waals surface area contributed by atoms with Crippen LogP contribution in [0, 0.1) is 10.1 Å². The zero-order valence-electron chi connectivity index (χ0n) is 9.70. The van der Waals surface area contributed by atoms with E-state index in [4.69, 9.17) is 5.11 Å². The predicted octanol–water partition coefficient (Wildman–Crippen LogP) is 1.68. The number of rotatable bonds is 3. The molecule has 1 N–H and O–H groups in total. The number of hydrogen-bond acceptors (Lipinski definition) is 5. The van der Waals surface area contributed by atoms with Gasteiger partial charge in [0.1, 0.15) is 0 Å². The van der Waals surface area contributed by atoms with Crippen LogP contribution in [0.1, 0.15) is 29.6 Å². The molecule has 1 fully saturated rings. The molecule has 0 unspecified atom stereocenters. The molecule has 1 aromatic rings. The van der Waals surface area contributed by atoms with Crippen LogP contribution in [0.25, 0.3) is 0 Å². The van der Waals surface area contributed by atoms with Crippen molar-refractivity contribution in [1.29, 1.82) is 0 Å². The molecule has 1 aromatic heterocycles. The highest BCUT2D eigenvalue weighted by Crippen LogP contribution is 2.28. The second kappa shape index (κ2) is 4.99. The monoisotopic (exact) mass is 251 g/mol. The van der Waals surface area contributed by atoms with E-state index in [0.29, 0.717) is 0 Å². The fourth-order valence-electron chi connectivity index (χ4n) is 2.05. The second-order valence-electron chi connectivity index (χ2n) is 4.18. The van der Waals surface area contributed by atoms with Crippen LogP contribution in [-0.2, 0) is 0 Å². The van der Waals surface area contributed by atoms with Crippen molar-refractivity contribution in [2.45, 2.75) is 19.3 Å². The van der Waals surface area contributed by atoms with Crippen molar-refractivity contribution in [1.82, 2.24) is 4.98 Å². The van der Waals surface area contributed by atoms with Gasteiger partial charge in [0.15, 0.2) is 0 Å². The molecular formula is C11H13N3O4. The first kappa shape index (κ1) is 12.3. The Kier molecular flexibility index (Phi) is 3.40. The van der Waals surface area contributed by atoms with Crippen LogP contribution in [-0.4, -0.2) is 34.1 Å². The summed E-state index contributed by atoms with van der Waals surface area (Å²) in [6.07, 6.45) is 4.22. The Morgan fingerprint density at radius 2 is 2.06 bits per heavy atom. The lowest BCUT2D eigenvalue weighted by Crippen LogP contribution is -2.30. The van der Waals surface area contributed by atoms with E-state index in [9.17, 15) is 14.9 Å². The standard InChI is InChI=1S/C11H13N3O4/c15-11(16)8-6-9(14(17)18)10(12-7-8)13-4-2-1-3-5-13/h6-7H,1-5H2,(H,15,16). The number of aromatic carboxylic acids is 1. The molecule has 0 bridgehead atoms. The molecule has 0 saturated carbocycles. The Hall–Kier alpha value is -2.18. The first-order chi connectivity index (χ1) is 8.59. The van der Waals surface area contributed by atoms with Crippen molar-refractivity contribution >= 4 is 17.5 Å². The normalized spacial score (nSPS) is 15.4. The van der Waals surface area contributed by atoms with E-state index in [2.05, 4.69) is 4.98 Å². The Labute approximate surface area is 103 Å². The third-order valence-corrected chi connectivity index (χ3v) is 2.95. The quantitative estimate of drug-likeness (QED) is 0.648. The zero-order valence-corrected chi connectivity index (χ0v) is 9.70. The average molecular weight is 251 g/mol. The molecule has 18 heavy (non-hydrogen) atoms. The summed E-state index contributed by atoms with van der Waals surface area (Å²) < 4.78 is 0. The summed E-state index contributed by atoms with van der Waals surface area (Å²) in [5.74, 6) is -0.944. The van der Waals surface area contributed by atoms with Gasteiger partial charge in [0, 0.05) is 25.4 Å². The van der Waals surface area contributed by atoms with Crippen LogP contribution < -0.4 is 4.90 Å². The maximum atomic E-state index is 11.0. The third-order valence-electron chi connectivity index (χ3n) is 2.95. The molecule has 2 heterocycles. The number of pyridine rings is 1. The highest BCUT2D eigenvalue weighted by atomic mass is 16.6. The van der Waals surface area contributed by atoms with Gasteiger partial charge in [-0.3, -0.25) is 10.1 Å². The van der Waals surface area contributed by atoms with Gasteiger partial charge in [0.05, 0.1) is 10.5 Å². The van der Waals surface area contributed by atoms with Gasteiger partial charge in [-0.15, -0.1) is 0 Å². The minimum atomic E-state index is -1.21. The molecule has 0 amide bonds. The molecule has 1 aliphatic heterocycles. The van der Waals surface area contributed by atoms with Crippen molar-refractivity contribution < 1.29 is 14.8 Å². The highest BCUT2D eigenvalue weighted by Gasteiger charge is 2.24. The van der Waals surface area contributed by atoms with Gasteiger partial charge in [-0.25, -0.2) is 9.78 Å². The summed E-state index contributed by atoms with van der Waals surface area (Å²) in [6, 6.07) is 1.07. The van der Waals surface area contributed by atoms with E-state index in [1.807, 2.05) is 4.90 Å². The first-order valence-electron chi connectivity index (χ1n) is 5.72. The van der Waals surface area contributed by atoms with Gasteiger partial charge in [0.25, 0.3) is 0 Å². The van der Waals surface area contributed by atoms with Crippen molar-refractivity contribution in [2.75, 3.05) is 18.0 Å². The highest BCUT2D eigenvalue weighted by molar-refractivity contribution is 5.88. The number of nitrogens with zero attached hydrogens (tertiary/aromatic N) is 3. The number of nitro groups is 1. The molecule has 0 radical (unpaired) electrons. The van der Waals surface area contributed by atoms with Crippen LogP contribution in [0.15, 0.2) is 12.3 Å². The maximum Gasteiger partial charge on any atom is 0.337 e. The van der Waals surface area contributed by atoms with Crippen LogP contribution in [0.5, 0.6) is 0 Å². The topological polar surface area (TPSA) is 96.6 Å². The largest absolute Gasteiger partial charge is 0.478 e. The van der Waals surface area contributed by atoms with Crippen molar-refractivity contribution in [3.8, 4) is 0 Å². The molecule has 0 atom stereocenters. The van der Waals surface area contributed by atoms with Gasteiger partial charge in [-0.05, 0) is 19.3 Å². The number of hydrogen-bond donors (Lipinski definition) is 1. The van der Waals surface area contributed by atoms with Crippen LogP contribution in [0.2, 0.25) is 0 Å². The Bertz CT molecular complexity index is 483. The van der Waals surface area contributed by atoms with E-state index in [-0.39, 0.29) is 17.1 Å². The second-order valence-corrected chi connectivity index (χ2v) is 4.18. The summed E-state index contributed by atoms with van der Waals surface area (Å²) in [5.41, 5.74) is -0.403. The molecule has 96 valence electrons. The van der Waals surface area contributed by atoms with E-state index < -0.39 is 10.9 Å². The summed E-state index contributed by atoms with van der Waals surface area (Å²) >= 11 is 0. The summed E-state index contributed by atoms with van der Waals surface area (Å²) in [7, 11) is 0. The molecule has 1 aliphatic rings. The van der Waals surface area contributed by atoms with Gasteiger partial charge in [-0.2, -0.15) is 0 Å². The molecule has 7 heteroatoms. The lowest BCUT2D eigenvalue weighted by atomic mass is 10.1. The zero-order chi connectivity index (χ0) is 13.1. The molecule has 0 spiro atoms. The van der Waals surface area contributed by atoms with Crippen molar-refractivity contribution in [3.05, 3.63) is 27.9 Å². The SMILES string of the molecule is O=C(O)c1cnc(N2CCCCC2)c([N+](=O)[O-])c1.